The van der Waals surface area contributed by atoms with Crippen molar-refractivity contribution in [1.29, 1.82) is 0 Å². The van der Waals surface area contributed by atoms with Gasteiger partial charge >= 0.3 is 17.1 Å². The Balaban J connectivity index is 0. The van der Waals surface area contributed by atoms with Crippen molar-refractivity contribution in [3.63, 3.8) is 0 Å². The van der Waals surface area contributed by atoms with Crippen LogP contribution in [0.5, 0.6) is 0 Å². The van der Waals surface area contributed by atoms with Crippen LogP contribution >= 0.6 is 12.2 Å². The average molecular weight is 492 g/mol. The van der Waals surface area contributed by atoms with Crippen LogP contribution < -0.4 is 0 Å². The van der Waals surface area contributed by atoms with E-state index >= 15 is 0 Å². The third-order valence-electron chi connectivity index (χ3n) is 5.82. The molecule has 0 rings (SSSR count). The minimum absolute atomic E-state index is 0. The second-order valence-corrected chi connectivity index (χ2v) is 9.65. The van der Waals surface area contributed by atoms with Crippen LogP contribution in [0.3, 0.4) is 0 Å². The van der Waals surface area contributed by atoms with Crippen molar-refractivity contribution in [3.8, 4) is 0 Å². The summed E-state index contributed by atoms with van der Waals surface area (Å²) in [4.78, 5) is 2.28. The molecule has 0 saturated carbocycles. The summed E-state index contributed by atoms with van der Waals surface area (Å²) in [6.45, 7) is 6.73. The molecule has 0 atom stereocenters. The maximum atomic E-state index is 5.30. The third kappa shape index (κ3) is 24.8. The second-order valence-electron chi connectivity index (χ2n) is 8.62. The van der Waals surface area contributed by atoms with Crippen molar-refractivity contribution in [2.75, 3.05) is 13.1 Å². The molecule has 0 heterocycles. The molecule has 0 bridgehead atoms. The van der Waals surface area contributed by atoms with Gasteiger partial charge in [0.25, 0.3) is 0 Å². The van der Waals surface area contributed by atoms with Crippen LogP contribution in [0, 0.1) is 0 Å². The molecule has 178 valence electrons. The Morgan fingerprint density at radius 1 is 0.517 bits per heavy atom. The van der Waals surface area contributed by atoms with Crippen molar-refractivity contribution in [2.45, 2.75) is 142 Å². The topological polar surface area (TPSA) is 3.24 Å². The largest absolute Gasteiger partial charge is 1.00 e. The third-order valence-corrected chi connectivity index (χ3v) is 6.34. The Labute approximate surface area is 205 Å². The predicted octanol–water partition coefficient (Wildman–Crippen LogP) is 8.96. The van der Waals surface area contributed by atoms with Crippen LogP contribution in [0.25, 0.3) is 0 Å². The zero-order valence-corrected chi connectivity index (χ0v) is 22.2. The van der Waals surface area contributed by atoms with Gasteiger partial charge in [0.1, 0.15) is 0 Å². The first-order valence-corrected chi connectivity index (χ1v) is 13.5. The van der Waals surface area contributed by atoms with Crippen molar-refractivity contribution < 1.29 is 17.1 Å². The fraction of sp³-hybridized carbons (Fsp3) is 0.960. The first kappa shape index (κ1) is 31.8. The van der Waals surface area contributed by atoms with E-state index in [1.807, 2.05) is 0 Å². The maximum Gasteiger partial charge on any atom is 1.00 e. The van der Waals surface area contributed by atoms with Gasteiger partial charge < -0.3 is 29.7 Å². The molecule has 0 N–H and O–H groups in total. The first-order valence-electron chi connectivity index (χ1n) is 12.7. The standard InChI is InChI=1S/C25H51NS2.Cu/c1-3-5-7-9-11-13-15-17-19-21-23-26(25(27)28)24-22-20-18-16-14-12-10-8-6-4-2;/h3-24H2,1-2H3,(H,27,28);/q;+1/p-1. The van der Waals surface area contributed by atoms with Gasteiger partial charge in [-0.15, -0.1) is 0 Å². The molecule has 0 radical (unpaired) electrons. The van der Waals surface area contributed by atoms with Gasteiger partial charge in [-0.2, -0.15) is 0 Å². The van der Waals surface area contributed by atoms with Crippen molar-refractivity contribution in [3.05, 3.63) is 0 Å². The number of thiocarbonyl (C=S) groups is 1. The van der Waals surface area contributed by atoms with E-state index in [4.69, 9.17) is 24.8 Å². The molecule has 0 unspecified atom stereocenters. The number of rotatable bonds is 22. The van der Waals surface area contributed by atoms with Gasteiger partial charge in [0, 0.05) is 13.1 Å². The van der Waals surface area contributed by atoms with E-state index in [-0.39, 0.29) is 17.1 Å². The van der Waals surface area contributed by atoms with Gasteiger partial charge in [0.2, 0.25) is 0 Å². The maximum absolute atomic E-state index is 5.30. The Bertz CT molecular complexity index is 302. The summed E-state index contributed by atoms with van der Waals surface area (Å²) < 4.78 is 0.687. The number of hydrogen-bond acceptors (Lipinski definition) is 2. The van der Waals surface area contributed by atoms with Crippen LogP contribution in [-0.4, -0.2) is 22.3 Å². The number of nitrogens with zero attached hydrogens (tertiary/aromatic N) is 1. The van der Waals surface area contributed by atoms with Gasteiger partial charge in [-0.25, -0.2) is 0 Å². The summed E-state index contributed by atoms with van der Waals surface area (Å²) in [5.74, 6) is 0. The van der Waals surface area contributed by atoms with Crippen LogP contribution in [0.4, 0.5) is 0 Å². The smallest absolute Gasteiger partial charge is 0.411 e. The molecule has 0 aliphatic carbocycles. The predicted molar refractivity (Wildman–Crippen MR) is 135 cm³/mol. The summed E-state index contributed by atoms with van der Waals surface area (Å²) in [6, 6.07) is 0. The summed E-state index contributed by atoms with van der Waals surface area (Å²) in [7, 11) is 0. The number of hydrogen-bond donors (Lipinski definition) is 0. The molecule has 4 heteroatoms. The van der Waals surface area contributed by atoms with Crippen LogP contribution in [0.1, 0.15) is 142 Å². The van der Waals surface area contributed by atoms with Gasteiger partial charge in [-0.05, 0) is 12.8 Å². The minimum atomic E-state index is 0. The quantitative estimate of drug-likeness (QED) is 0.0643. The molecule has 1 nitrogen and oxygen atoms in total. The normalized spacial score (nSPS) is 10.7. The van der Waals surface area contributed by atoms with E-state index in [1.54, 1.807) is 0 Å². The van der Waals surface area contributed by atoms with Gasteiger partial charge in [-0.3, -0.25) is 0 Å². The molecule has 0 aliphatic heterocycles. The Hall–Kier alpha value is 0.629. The summed E-state index contributed by atoms with van der Waals surface area (Å²) in [5.41, 5.74) is 0. The van der Waals surface area contributed by atoms with Crippen molar-refractivity contribution >= 4 is 29.2 Å². The molecule has 0 spiro atoms. The molecule has 29 heavy (non-hydrogen) atoms. The van der Waals surface area contributed by atoms with Gasteiger partial charge in [-0.1, -0.05) is 134 Å². The first-order chi connectivity index (χ1) is 13.7. The molecule has 0 fully saturated rings. The number of unbranched alkanes of at least 4 members (excludes halogenated alkanes) is 18. The minimum Gasteiger partial charge on any atom is -0.411 e. The van der Waals surface area contributed by atoms with Crippen LogP contribution in [0.2, 0.25) is 0 Å². The monoisotopic (exact) mass is 491 g/mol. The van der Waals surface area contributed by atoms with E-state index in [0.717, 1.165) is 13.1 Å². The van der Waals surface area contributed by atoms with E-state index in [1.165, 1.54) is 128 Å². The molecular formula is C25H50CuNS2. The molecule has 0 amide bonds. The molecular weight excluding hydrogens is 442 g/mol. The average Bonchev–Trinajstić information content (AvgIpc) is 2.68. The van der Waals surface area contributed by atoms with Crippen LogP contribution in [0.15, 0.2) is 0 Å². The molecule has 0 aromatic carbocycles. The van der Waals surface area contributed by atoms with E-state index < -0.39 is 0 Å². The van der Waals surface area contributed by atoms with E-state index in [2.05, 4.69) is 18.7 Å². The van der Waals surface area contributed by atoms with Crippen LogP contribution in [-0.2, 0) is 29.7 Å². The van der Waals surface area contributed by atoms with E-state index in [0.29, 0.717) is 4.32 Å². The van der Waals surface area contributed by atoms with Crippen molar-refractivity contribution in [1.82, 2.24) is 4.90 Å². The SMILES string of the molecule is CCCCCCCCCCCCN(CCCCCCCCCCCC)C(=S)[S-].[Cu+]. The molecule has 0 aromatic heterocycles. The van der Waals surface area contributed by atoms with Gasteiger partial charge in [0.05, 0.1) is 0 Å². The zero-order chi connectivity index (χ0) is 20.7. The summed E-state index contributed by atoms with van der Waals surface area (Å²) >= 11 is 10.6. The summed E-state index contributed by atoms with van der Waals surface area (Å²) in [5, 5.41) is 0. The van der Waals surface area contributed by atoms with Crippen molar-refractivity contribution in [2.24, 2.45) is 0 Å². The second kappa shape index (κ2) is 26.7. The zero-order valence-electron chi connectivity index (χ0n) is 19.6. The fourth-order valence-corrected chi connectivity index (χ4v) is 4.24. The fourth-order valence-electron chi connectivity index (χ4n) is 3.87. The Kier molecular flexibility index (Phi) is 29.3. The Morgan fingerprint density at radius 3 is 1.00 bits per heavy atom. The molecule has 0 saturated heterocycles. The van der Waals surface area contributed by atoms with Gasteiger partial charge in [0.15, 0.2) is 0 Å². The molecule has 0 aromatic rings. The Morgan fingerprint density at radius 2 is 0.759 bits per heavy atom. The summed E-state index contributed by atoms with van der Waals surface area (Å²) in [6.07, 6.45) is 27.7. The van der Waals surface area contributed by atoms with E-state index in [9.17, 15) is 0 Å². The molecule has 0 aliphatic rings.